The second kappa shape index (κ2) is 5.05. The van der Waals surface area contributed by atoms with E-state index in [9.17, 15) is 10.1 Å². The minimum atomic E-state index is -0.368. The Kier molecular flexibility index (Phi) is 3.23. The van der Waals surface area contributed by atoms with E-state index in [1.54, 1.807) is 24.5 Å². The summed E-state index contributed by atoms with van der Waals surface area (Å²) in [6, 6.07) is 5.17. The Morgan fingerprint density at radius 3 is 2.85 bits per heavy atom. The molecular weight excluding hydrogens is 256 g/mol. The van der Waals surface area contributed by atoms with Crippen molar-refractivity contribution in [3.63, 3.8) is 0 Å². The van der Waals surface area contributed by atoms with Crippen LogP contribution >= 0.6 is 0 Å². The van der Waals surface area contributed by atoms with E-state index >= 15 is 0 Å². The molecule has 2 aromatic rings. The summed E-state index contributed by atoms with van der Waals surface area (Å²) in [5.41, 5.74) is 6.76. The van der Waals surface area contributed by atoms with Gasteiger partial charge in [0, 0.05) is 42.1 Å². The molecule has 1 aliphatic carbocycles. The number of hydrogen-bond acceptors (Lipinski definition) is 5. The van der Waals surface area contributed by atoms with Gasteiger partial charge < -0.3 is 11.1 Å². The molecule has 1 heterocycles. The van der Waals surface area contributed by atoms with Gasteiger partial charge in [-0.1, -0.05) is 0 Å². The van der Waals surface area contributed by atoms with Gasteiger partial charge in [0.25, 0.3) is 5.69 Å². The Labute approximate surface area is 116 Å². The molecule has 20 heavy (non-hydrogen) atoms. The SMILES string of the molecule is NCC(Nc1ccc([N+](=O)[O-])c2ccncc12)C1CC1. The number of nitrogens with two attached hydrogens (primary N) is 1. The van der Waals surface area contributed by atoms with Crippen LogP contribution in [0.25, 0.3) is 10.8 Å². The first-order valence-electron chi connectivity index (χ1n) is 6.68. The van der Waals surface area contributed by atoms with Crippen molar-refractivity contribution in [1.82, 2.24) is 4.98 Å². The van der Waals surface area contributed by atoms with E-state index in [1.165, 1.54) is 18.9 Å². The van der Waals surface area contributed by atoms with E-state index < -0.39 is 0 Å². The van der Waals surface area contributed by atoms with E-state index in [4.69, 9.17) is 5.73 Å². The zero-order valence-electron chi connectivity index (χ0n) is 11.0. The molecule has 104 valence electrons. The Morgan fingerprint density at radius 2 is 2.20 bits per heavy atom. The van der Waals surface area contributed by atoms with Crippen LogP contribution in [0.3, 0.4) is 0 Å². The summed E-state index contributed by atoms with van der Waals surface area (Å²) < 4.78 is 0. The monoisotopic (exact) mass is 272 g/mol. The highest BCUT2D eigenvalue weighted by Gasteiger charge is 2.30. The summed E-state index contributed by atoms with van der Waals surface area (Å²) in [5, 5.41) is 15.8. The van der Waals surface area contributed by atoms with Gasteiger partial charge in [0.05, 0.1) is 10.3 Å². The molecule has 1 aliphatic rings. The average Bonchev–Trinajstić information content (AvgIpc) is 3.28. The van der Waals surface area contributed by atoms with Crippen LogP contribution in [0.2, 0.25) is 0 Å². The van der Waals surface area contributed by atoms with Crippen molar-refractivity contribution in [3.05, 3.63) is 40.7 Å². The van der Waals surface area contributed by atoms with Gasteiger partial charge in [-0.3, -0.25) is 15.1 Å². The maximum absolute atomic E-state index is 11.1. The van der Waals surface area contributed by atoms with Crippen LogP contribution in [0.4, 0.5) is 11.4 Å². The number of nitrogens with zero attached hydrogens (tertiary/aromatic N) is 2. The molecule has 0 saturated heterocycles. The lowest BCUT2D eigenvalue weighted by Gasteiger charge is -2.18. The standard InChI is InChI=1S/C14H16N4O2/c15-7-13(9-1-2-9)17-12-3-4-14(18(19)20)10-5-6-16-8-11(10)12/h3-6,8-9,13,17H,1-2,7,15H2. The number of nitro groups is 1. The highest BCUT2D eigenvalue weighted by Crippen LogP contribution is 2.36. The van der Waals surface area contributed by atoms with Gasteiger partial charge in [-0.2, -0.15) is 0 Å². The van der Waals surface area contributed by atoms with Crippen molar-refractivity contribution >= 4 is 22.1 Å². The predicted molar refractivity (Wildman–Crippen MR) is 77.6 cm³/mol. The summed E-state index contributed by atoms with van der Waals surface area (Å²) in [5.74, 6) is 0.613. The van der Waals surface area contributed by atoms with Gasteiger partial charge in [-0.15, -0.1) is 0 Å². The van der Waals surface area contributed by atoms with Crippen molar-refractivity contribution in [2.75, 3.05) is 11.9 Å². The molecule has 1 fully saturated rings. The number of fused-ring (bicyclic) bond motifs is 1. The summed E-state index contributed by atoms with van der Waals surface area (Å²) >= 11 is 0. The smallest absolute Gasteiger partial charge is 0.277 e. The minimum absolute atomic E-state index is 0.101. The summed E-state index contributed by atoms with van der Waals surface area (Å²) in [7, 11) is 0. The summed E-state index contributed by atoms with van der Waals surface area (Å²) in [4.78, 5) is 14.8. The third-order valence-corrected chi connectivity index (χ3v) is 3.78. The van der Waals surface area contributed by atoms with Crippen LogP contribution in [0.5, 0.6) is 0 Å². The van der Waals surface area contributed by atoms with Gasteiger partial charge in [0.15, 0.2) is 0 Å². The van der Waals surface area contributed by atoms with Crippen molar-refractivity contribution in [2.45, 2.75) is 18.9 Å². The number of non-ortho nitro benzene ring substituents is 1. The number of rotatable bonds is 5. The zero-order chi connectivity index (χ0) is 14.1. The Balaban J connectivity index is 2.03. The Morgan fingerprint density at radius 1 is 1.40 bits per heavy atom. The molecule has 3 rings (SSSR count). The largest absolute Gasteiger partial charge is 0.380 e. The van der Waals surface area contributed by atoms with Crippen molar-refractivity contribution in [1.29, 1.82) is 0 Å². The molecule has 6 heteroatoms. The Bertz CT molecular complexity index is 655. The van der Waals surface area contributed by atoms with E-state index in [0.717, 1.165) is 11.1 Å². The molecule has 1 saturated carbocycles. The van der Waals surface area contributed by atoms with Gasteiger partial charge in [-0.25, -0.2) is 0 Å². The molecule has 1 unspecified atom stereocenters. The average molecular weight is 272 g/mol. The molecule has 0 aliphatic heterocycles. The normalized spacial score (nSPS) is 16.1. The number of pyridine rings is 1. The van der Waals surface area contributed by atoms with Crippen LogP contribution in [0.1, 0.15) is 12.8 Å². The number of benzene rings is 1. The molecule has 1 aromatic carbocycles. The lowest BCUT2D eigenvalue weighted by molar-refractivity contribution is -0.383. The number of aromatic nitrogens is 1. The van der Waals surface area contributed by atoms with Crippen molar-refractivity contribution in [2.24, 2.45) is 11.7 Å². The Hall–Kier alpha value is -2.21. The molecule has 0 amide bonds. The lowest BCUT2D eigenvalue weighted by atomic mass is 10.1. The first-order chi connectivity index (χ1) is 9.70. The minimum Gasteiger partial charge on any atom is -0.380 e. The van der Waals surface area contributed by atoms with Crippen molar-refractivity contribution in [3.8, 4) is 0 Å². The number of anilines is 1. The van der Waals surface area contributed by atoms with Gasteiger partial charge >= 0.3 is 0 Å². The highest BCUT2D eigenvalue weighted by molar-refractivity contribution is 5.99. The van der Waals surface area contributed by atoms with Gasteiger partial charge in [0.1, 0.15) is 0 Å². The van der Waals surface area contributed by atoms with E-state index in [1.807, 2.05) is 0 Å². The zero-order valence-corrected chi connectivity index (χ0v) is 11.0. The van der Waals surface area contributed by atoms with Crippen LogP contribution < -0.4 is 11.1 Å². The number of nitro benzene ring substituents is 1. The fourth-order valence-electron chi connectivity index (χ4n) is 2.53. The molecule has 0 radical (unpaired) electrons. The van der Waals surface area contributed by atoms with E-state index in [2.05, 4.69) is 10.3 Å². The molecule has 3 N–H and O–H groups in total. The fraction of sp³-hybridized carbons (Fsp3) is 0.357. The highest BCUT2D eigenvalue weighted by atomic mass is 16.6. The lowest BCUT2D eigenvalue weighted by Crippen LogP contribution is -2.30. The molecular formula is C14H16N4O2. The van der Waals surface area contributed by atoms with Crippen LogP contribution in [0, 0.1) is 16.0 Å². The second-order valence-corrected chi connectivity index (χ2v) is 5.13. The predicted octanol–water partition coefficient (Wildman–Crippen LogP) is 2.29. The van der Waals surface area contributed by atoms with E-state index in [-0.39, 0.29) is 16.7 Å². The molecule has 0 spiro atoms. The first kappa shape index (κ1) is 12.8. The maximum atomic E-state index is 11.1. The third-order valence-electron chi connectivity index (χ3n) is 3.78. The number of nitrogens with one attached hydrogen (secondary N) is 1. The maximum Gasteiger partial charge on any atom is 0.277 e. The first-order valence-corrected chi connectivity index (χ1v) is 6.68. The summed E-state index contributed by atoms with van der Waals surface area (Å²) in [6.45, 7) is 0.559. The third kappa shape index (κ3) is 2.30. The quantitative estimate of drug-likeness (QED) is 0.643. The second-order valence-electron chi connectivity index (χ2n) is 5.13. The van der Waals surface area contributed by atoms with Crippen LogP contribution in [-0.4, -0.2) is 22.5 Å². The summed E-state index contributed by atoms with van der Waals surface area (Å²) in [6.07, 6.45) is 5.61. The number of hydrogen-bond donors (Lipinski definition) is 2. The fourth-order valence-corrected chi connectivity index (χ4v) is 2.53. The van der Waals surface area contributed by atoms with Crippen LogP contribution in [-0.2, 0) is 0 Å². The molecule has 6 nitrogen and oxygen atoms in total. The van der Waals surface area contributed by atoms with Gasteiger partial charge in [0.2, 0.25) is 0 Å². The molecule has 0 bridgehead atoms. The van der Waals surface area contributed by atoms with Crippen molar-refractivity contribution < 1.29 is 4.92 Å². The molecule has 1 aromatic heterocycles. The molecule has 1 atom stereocenters. The topological polar surface area (TPSA) is 94.1 Å². The van der Waals surface area contributed by atoms with E-state index in [0.29, 0.717) is 17.8 Å². The van der Waals surface area contributed by atoms with Crippen LogP contribution in [0.15, 0.2) is 30.6 Å². The van der Waals surface area contributed by atoms with Gasteiger partial charge in [-0.05, 0) is 30.9 Å².